The summed E-state index contributed by atoms with van der Waals surface area (Å²) in [5.74, 6) is 2.41. The molecule has 0 aliphatic heterocycles. The third-order valence-electron chi connectivity index (χ3n) is 6.16. The van der Waals surface area contributed by atoms with Crippen LogP contribution < -0.4 is 10.1 Å². The minimum absolute atomic E-state index is 0.436. The minimum atomic E-state index is 0.436. The van der Waals surface area contributed by atoms with Gasteiger partial charge < -0.3 is 14.8 Å². The van der Waals surface area contributed by atoms with Gasteiger partial charge in [0.2, 0.25) is 0 Å². The van der Waals surface area contributed by atoms with Crippen LogP contribution in [0.25, 0.3) is 0 Å². The first-order valence-electron chi connectivity index (χ1n) is 9.29. The molecule has 2 aliphatic carbocycles. The number of aromatic nitrogens is 2. The Morgan fingerprint density at radius 1 is 1.12 bits per heavy atom. The molecule has 2 saturated carbocycles. The molecule has 0 saturated heterocycles. The molecule has 2 fully saturated rings. The third-order valence-corrected chi connectivity index (χ3v) is 6.16. The van der Waals surface area contributed by atoms with Crippen LogP contribution in [-0.2, 0) is 11.3 Å². The van der Waals surface area contributed by atoms with E-state index < -0.39 is 0 Å². The second-order valence-electron chi connectivity index (χ2n) is 7.69. The van der Waals surface area contributed by atoms with Crippen LogP contribution >= 0.6 is 0 Å². The van der Waals surface area contributed by atoms with E-state index in [4.69, 9.17) is 9.47 Å². The van der Waals surface area contributed by atoms with Gasteiger partial charge in [-0.25, -0.2) is 9.97 Å². The highest BCUT2D eigenvalue weighted by Crippen LogP contribution is 2.49. The molecule has 0 bridgehead atoms. The normalized spacial score (nSPS) is 26.3. The Kier molecular flexibility index (Phi) is 5.59. The van der Waals surface area contributed by atoms with Gasteiger partial charge in [0.1, 0.15) is 12.0 Å². The summed E-state index contributed by atoms with van der Waals surface area (Å²) in [5.41, 5.74) is 1.40. The molecule has 0 amide bonds. The molecule has 0 spiro atoms. The van der Waals surface area contributed by atoms with Crippen molar-refractivity contribution in [2.75, 3.05) is 19.5 Å². The Morgan fingerprint density at radius 3 is 2.46 bits per heavy atom. The van der Waals surface area contributed by atoms with Crippen molar-refractivity contribution in [1.29, 1.82) is 0 Å². The summed E-state index contributed by atoms with van der Waals surface area (Å²) < 4.78 is 10.7. The van der Waals surface area contributed by atoms with Gasteiger partial charge in [-0.1, -0.05) is 19.8 Å². The number of hydrogen-bond donors (Lipinski definition) is 1. The Labute approximate surface area is 145 Å². The predicted octanol–water partition coefficient (Wildman–Crippen LogP) is 4.18. The molecule has 1 aromatic rings. The van der Waals surface area contributed by atoms with Gasteiger partial charge in [-0.15, -0.1) is 0 Å². The van der Waals surface area contributed by atoms with Gasteiger partial charge in [0.25, 0.3) is 0 Å². The first-order valence-corrected chi connectivity index (χ1v) is 9.29. The quantitative estimate of drug-likeness (QED) is 0.846. The summed E-state index contributed by atoms with van der Waals surface area (Å²) in [6.07, 6.45) is 12.4. The summed E-state index contributed by atoms with van der Waals surface area (Å²) in [5, 5.41) is 3.59. The summed E-state index contributed by atoms with van der Waals surface area (Å²) in [7, 11) is 3.33. The highest BCUT2D eigenvalue weighted by Gasteiger charge is 2.38. The van der Waals surface area contributed by atoms with E-state index in [9.17, 15) is 0 Å². The number of nitrogens with zero attached hydrogens (tertiary/aromatic N) is 2. The van der Waals surface area contributed by atoms with Crippen LogP contribution in [0.5, 0.6) is 5.75 Å². The second-order valence-corrected chi connectivity index (χ2v) is 7.69. The summed E-state index contributed by atoms with van der Waals surface area (Å²) in [4.78, 5) is 8.66. The van der Waals surface area contributed by atoms with Crippen molar-refractivity contribution in [1.82, 2.24) is 9.97 Å². The number of nitrogens with one attached hydrogen (secondary N) is 1. The van der Waals surface area contributed by atoms with E-state index in [1.54, 1.807) is 20.5 Å². The van der Waals surface area contributed by atoms with Crippen LogP contribution in [-0.4, -0.2) is 30.2 Å². The predicted molar refractivity (Wildman–Crippen MR) is 95.2 cm³/mol. The van der Waals surface area contributed by atoms with Gasteiger partial charge in [0, 0.05) is 13.2 Å². The molecule has 0 radical (unpaired) electrons. The molecule has 134 valence electrons. The molecule has 5 heteroatoms. The molecule has 2 aliphatic rings. The van der Waals surface area contributed by atoms with E-state index in [0.717, 1.165) is 17.4 Å². The van der Waals surface area contributed by atoms with Crippen molar-refractivity contribution < 1.29 is 9.47 Å². The van der Waals surface area contributed by atoms with Crippen molar-refractivity contribution in [3.8, 4) is 5.75 Å². The largest absolute Gasteiger partial charge is 0.491 e. The van der Waals surface area contributed by atoms with E-state index in [0.29, 0.717) is 23.8 Å². The Hall–Kier alpha value is -1.36. The molecule has 3 rings (SSSR count). The van der Waals surface area contributed by atoms with Crippen molar-refractivity contribution in [2.24, 2.45) is 11.3 Å². The fraction of sp³-hybridized carbons (Fsp3) is 0.789. The topological polar surface area (TPSA) is 56.3 Å². The smallest absolute Gasteiger partial charge is 0.185 e. The Bertz CT molecular complexity index is 535. The average Bonchev–Trinajstić information content (AvgIpc) is 3.04. The zero-order valence-electron chi connectivity index (χ0n) is 15.3. The fourth-order valence-corrected chi connectivity index (χ4v) is 4.69. The van der Waals surface area contributed by atoms with Crippen molar-refractivity contribution in [3.05, 3.63) is 12.0 Å². The Morgan fingerprint density at radius 2 is 1.83 bits per heavy atom. The summed E-state index contributed by atoms with van der Waals surface area (Å²) >= 11 is 0. The number of hydrogen-bond acceptors (Lipinski definition) is 5. The van der Waals surface area contributed by atoms with Crippen LogP contribution in [0.4, 0.5) is 5.82 Å². The van der Waals surface area contributed by atoms with Crippen molar-refractivity contribution in [3.63, 3.8) is 0 Å². The zero-order valence-corrected chi connectivity index (χ0v) is 15.3. The van der Waals surface area contributed by atoms with Crippen LogP contribution in [0.1, 0.15) is 64.0 Å². The van der Waals surface area contributed by atoms with Gasteiger partial charge in [0.15, 0.2) is 11.6 Å². The van der Waals surface area contributed by atoms with E-state index in [2.05, 4.69) is 22.2 Å². The van der Waals surface area contributed by atoms with Crippen LogP contribution in [0.15, 0.2) is 6.33 Å². The van der Waals surface area contributed by atoms with Crippen molar-refractivity contribution >= 4 is 5.82 Å². The summed E-state index contributed by atoms with van der Waals surface area (Å²) in [6.45, 7) is 2.95. The molecular weight excluding hydrogens is 302 g/mol. The molecule has 1 N–H and O–H groups in total. The molecule has 1 heterocycles. The first kappa shape index (κ1) is 17.5. The Balaban J connectivity index is 1.61. The van der Waals surface area contributed by atoms with Crippen LogP contribution in [0.2, 0.25) is 0 Å². The zero-order chi connectivity index (χ0) is 17.0. The summed E-state index contributed by atoms with van der Waals surface area (Å²) in [6, 6.07) is 0.477. The average molecular weight is 333 g/mol. The number of methoxy groups -OCH3 is 2. The molecule has 0 unspecified atom stereocenters. The maximum absolute atomic E-state index is 5.52. The SMILES string of the molecule is COCc1ncnc(N[C@H]2CC[C@@H](C3(C)CCCC3)CC2)c1OC. The third kappa shape index (κ3) is 3.66. The van der Waals surface area contributed by atoms with E-state index in [1.165, 1.54) is 51.4 Å². The van der Waals surface area contributed by atoms with Gasteiger partial charge in [-0.05, 0) is 49.9 Å². The van der Waals surface area contributed by atoms with Gasteiger partial charge in [-0.2, -0.15) is 0 Å². The number of rotatable bonds is 6. The monoisotopic (exact) mass is 333 g/mol. The van der Waals surface area contributed by atoms with Crippen molar-refractivity contribution in [2.45, 2.75) is 70.9 Å². The second kappa shape index (κ2) is 7.68. The lowest BCUT2D eigenvalue weighted by atomic mass is 9.68. The molecule has 0 atom stereocenters. The standard InChI is InChI=1S/C19H31N3O2/c1-19(10-4-5-11-19)14-6-8-15(9-7-14)22-18-17(24-3)16(12-23-2)20-13-21-18/h13-15H,4-12H2,1-3H3,(H,20,21,22)/t14-,15+. The molecule has 0 aromatic carbocycles. The van der Waals surface area contributed by atoms with E-state index in [1.807, 2.05) is 0 Å². The number of ether oxygens (including phenoxy) is 2. The maximum Gasteiger partial charge on any atom is 0.185 e. The van der Waals surface area contributed by atoms with Gasteiger partial charge in [-0.3, -0.25) is 0 Å². The highest BCUT2D eigenvalue weighted by molar-refractivity contribution is 5.52. The highest BCUT2D eigenvalue weighted by atomic mass is 16.5. The van der Waals surface area contributed by atoms with E-state index >= 15 is 0 Å². The lowest BCUT2D eigenvalue weighted by Gasteiger charge is -2.39. The molecular formula is C19H31N3O2. The molecule has 5 nitrogen and oxygen atoms in total. The van der Waals surface area contributed by atoms with E-state index in [-0.39, 0.29) is 0 Å². The molecule has 24 heavy (non-hydrogen) atoms. The van der Waals surface area contributed by atoms with Gasteiger partial charge in [0.05, 0.1) is 13.7 Å². The van der Waals surface area contributed by atoms with Crippen LogP contribution in [0, 0.1) is 11.3 Å². The maximum atomic E-state index is 5.52. The number of anilines is 1. The first-order chi connectivity index (χ1) is 11.7. The lowest BCUT2D eigenvalue weighted by molar-refractivity contribution is 0.139. The van der Waals surface area contributed by atoms with Crippen LogP contribution in [0.3, 0.4) is 0 Å². The minimum Gasteiger partial charge on any atom is -0.491 e. The van der Waals surface area contributed by atoms with Gasteiger partial charge >= 0.3 is 0 Å². The molecule has 1 aromatic heterocycles. The lowest BCUT2D eigenvalue weighted by Crippen LogP contribution is -2.33. The fourth-order valence-electron chi connectivity index (χ4n) is 4.69.